The summed E-state index contributed by atoms with van der Waals surface area (Å²) >= 11 is 0. The van der Waals surface area contributed by atoms with E-state index < -0.39 is 124 Å². The van der Waals surface area contributed by atoms with E-state index in [1.165, 1.54) is 225 Å². The Morgan fingerprint density at radius 1 is 0.364 bits per heavy atom. The van der Waals surface area contributed by atoms with Gasteiger partial charge in [0, 0.05) is 6.42 Å². The molecule has 12 N–H and O–H groups in total. The number of nitrogens with one attached hydrogen (secondary N) is 1. The molecule has 0 aromatic rings. The summed E-state index contributed by atoms with van der Waals surface area (Å²) in [5.74, 6) is -0.235. The summed E-state index contributed by atoms with van der Waals surface area (Å²) in [5, 5.41) is 121. The Kier molecular flexibility index (Phi) is 48.0. The summed E-state index contributed by atoms with van der Waals surface area (Å²) in [5.41, 5.74) is 0. The summed E-state index contributed by atoms with van der Waals surface area (Å²) in [6.07, 6.45) is 29.1. The number of ether oxygens (including phenoxy) is 6. The SMILES string of the molecule is CCCCCCCCCCCCCCCCCCCCCCCCCCCCCCCC(=O)NC(COC1OC(CO)C(OC2OC(CO)C(OC3OC(CO)C(O)C(O)C3O)C(O)C2O)C(O)C1O)C(O)CCCCCCCCCCCCCCCC. The van der Waals surface area contributed by atoms with Crippen molar-refractivity contribution in [3.63, 3.8) is 0 Å². The van der Waals surface area contributed by atoms with Gasteiger partial charge in [-0.05, 0) is 12.8 Å². The topological polar surface area (TPSA) is 307 Å². The van der Waals surface area contributed by atoms with Gasteiger partial charge in [-0.1, -0.05) is 284 Å². The lowest BCUT2D eigenvalue weighted by molar-refractivity contribution is -0.379. The zero-order chi connectivity index (χ0) is 64.0. The molecule has 522 valence electrons. The Morgan fingerprint density at radius 2 is 0.648 bits per heavy atom. The van der Waals surface area contributed by atoms with E-state index in [9.17, 15) is 61.0 Å². The normalized spacial score (nSPS) is 28.3. The van der Waals surface area contributed by atoms with Gasteiger partial charge in [-0.2, -0.15) is 0 Å². The lowest BCUT2D eigenvalue weighted by Gasteiger charge is -2.48. The van der Waals surface area contributed by atoms with Gasteiger partial charge in [-0.25, -0.2) is 0 Å². The molecule has 19 nitrogen and oxygen atoms in total. The lowest BCUT2D eigenvalue weighted by atomic mass is 9.96. The quantitative estimate of drug-likeness (QED) is 0.0252. The second-order valence-electron chi connectivity index (χ2n) is 26.4. The van der Waals surface area contributed by atoms with Crippen LogP contribution in [0.3, 0.4) is 0 Å². The Balaban J connectivity index is 1.36. The molecular weight excluding hydrogens is 1130 g/mol. The van der Waals surface area contributed by atoms with Crippen LogP contribution < -0.4 is 5.32 Å². The van der Waals surface area contributed by atoms with Crippen molar-refractivity contribution < 1.29 is 89.4 Å². The molecule has 0 bridgehead atoms. The van der Waals surface area contributed by atoms with Crippen molar-refractivity contribution in [1.82, 2.24) is 5.32 Å². The van der Waals surface area contributed by atoms with Crippen LogP contribution in [0.5, 0.6) is 0 Å². The van der Waals surface area contributed by atoms with Crippen molar-refractivity contribution in [2.75, 3.05) is 26.4 Å². The zero-order valence-corrected chi connectivity index (χ0v) is 55.2. The smallest absolute Gasteiger partial charge is 0.220 e. The fourth-order valence-electron chi connectivity index (χ4n) is 12.8. The molecule has 0 aromatic heterocycles. The fourth-order valence-corrected chi connectivity index (χ4v) is 12.8. The van der Waals surface area contributed by atoms with Crippen LogP contribution in [0.1, 0.15) is 303 Å². The summed E-state index contributed by atoms with van der Waals surface area (Å²) in [7, 11) is 0. The fraction of sp³-hybridized carbons (Fsp3) is 0.986. The van der Waals surface area contributed by atoms with Crippen molar-refractivity contribution >= 4 is 5.91 Å². The van der Waals surface area contributed by atoms with Crippen LogP contribution in [0.25, 0.3) is 0 Å². The van der Waals surface area contributed by atoms with Gasteiger partial charge < -0.3 is 89.9 Å². The van der Waals surface area contributed by atoms with Crippen LogP contribution in [0.2, 0.25) is 0 Å². The maximum absolute atomic E-state index is 13.4. The van der Waals surface area contributed by atoms with E-state index in [0.29, 0.717) is 12.8 Å². The third-order valence-corrected chi connectivity index (χ3v) is 18.7. The van der Waals surface area contributed by atoms with Gasteiger partial charge in [0.05, 0.1) is 38.6 Å². The molecule has 3 rings (SSSR count). The van der Waals surface area contributed by atoms with Gasteiger partial charge in [0.2, 0.25) is 5.91 Å². The molecule has 3 aliphatic rings. The highest BCUT2D eigenvalue weighted by Gasteiger charge is 2.53. The van der Waals surface area contributed by atoms with E-state index in [0.717, 1.165) is 44.9 Å². The maximum Gasteiger partial charge on any atom is 0.220 e. The number of carbonyl (C=O) groups is 1. The highest BCUT2D eigenvalue weighted by molar-refractivity contribution is 5.76. The number of hydrogen-bond donors (Lipinski definition) is 12. The van der Waals surface area contributed by atoms with Crippen LogP contribution in [0.4, 0.5) is 0 Å². The Bertz CT molecular complexity index is 1600. The van der Waals surface area contributed by atoms with E-state index in [2.05, 4.69) is 19.2 Å². The Hall–Kier alpha value is -1.21. The molecule has 17 unspecified atom stereocenters. The number of carbonyl (C=O) groups excluding carboxylic acids is 1. The predicted octanol–water partition coefficient (Wildman–Crippen LogP) is 9.89. The molecule has 3 aliphatic heterocycles. The van der Waals surface area contributed by atoms with Crippen LogP contribution >= 0.6 is 0 Å². The van der Waals surface area contributed by atoms with Crippen LogP contribution in [-0.2, 0) is 33.2 Å². The Morgan fingerprint density at radius 3 is 0.989 bits per heavy atom. The third-order valence-electron chi connectivity index (χ3n) is 18.7. The van der Waals surface area contributed by atoms with Gasteiger partial charge >= 0.3 is 0 Å². The van der Waals surface area contributed by atoms with E-state index in [1.807, 2.05) is 0 Å². The second kappa shape index (κ2) is 52.1. The maximum atomic E-state index is 13.4. The number of unbranched alkanes of at least 4 members (excludes halogenated alkanes) is 41. The highest BCUT2D eigenvalue weighted by atomic mass is 16.8. The van der Waals surface area contributed by atoms with E-state index >= 15 is 0 Å². The molecule has 0 radical (unpaired) electrons. The van der Waals surface area contributed by atoms with Crippen molar-refractivity contribution in [3.05, 3.63) is 0 Å². The highest BCUT2D eigenvalue weighted by Crippen LogP contribution is 2.33. The summed E-state index contributed by atoms with van der Waals surface area (Å²) < 4.78 is 34.4. The Labute approximate surface area is 532 Å². The van der Waals surface area contributed by atoms with E-state index in [4.69, 9.17) is 28.4 Å². The first-order chi connectivity index (χ1) is 42.8. The van der Waals surface area contributed by atoms with Gasteiger partial charge in [-0.3, -0.25) is 4.79 Å². The second-order valence-corrected chi connectivity index (χ2v) is 26.4. The largest absolute Gasteiger partial charge is 0.394 e. The number of aliphatic hydroxyl groups excluding tert-OH is 11. The van der Waals surface area contributed by atoms with Crippen molar-refractivity contribution in [1.29, 1.82) is 0 Å². The zero-order valence-electron chi connectivity index (χ0n) is 55.2. The molecule has 88 heavy (non-hydrogen) atoms. The molecule has 0 spiro atoms. The summed E-state index contributed by atoms with van der Waals surface area (Å²) in [6.45, 7) is 1.84. The number of aliphatic hydroxyl groups is 11. The van der Waals surface area contributed by atoms with Gasteiger partial charge in [0.15, 0.2) is 18.9 Å². The minimum absolute atomic E-state index is 0.235. The van der Waals surface area contributed by atoms with Gasteiger partial charge in [0.25, 0.3) is 0 Å². The monoisotopic (exact) mass is 1260 g/mol. The first kappa shape index (κ1) is 81.0. The first-order valence-electron chi connectivity index (χ1n) is 36.3. The van der Waals surface area contributed by atoms with Crippen molar-refractivity contribution in [3.8, 4) is 0 Å². The van der Waals surface area contributed by atoms with Crippen LogP contribution in [0, 0.1) is 0 Å². The number of hydrogen-bond acceptors (Lipinski definition) is 18. The number of amides is 1. The number of rotatable bonds is 57. The van der Waals surface area contributed by atoms with E-state index in [1.54, 1.807) is 0 Å². The van der Waals surface area contributed by atoms with Gasteiger partial charge in [-0.15, -0.1) is 0 Å². The summed E-state index contributed by atoms with van der Waals surface area (Å²) in [4.78, 5) is 13.4. The minimum atomic E-state index is -1.97. The molecule has 0 aliphatic carbocycles. The molecule has 3 heterocycles. The molecule has 0 saturated carbocycles. The molecule has 3 fully saturated rings. The average molecular weight is 1260 g/mol. The third kappa shape index (κ3) is 33.8. The molecule has 3 saturated heterocycles. The average Bonchev–Trinajstić information content (AvgIpc) is 2.57. The summed E-state index contributed by atoms with van der Waals surface area (Å²) in [6, 6.07) is -0.881. The van der Waals surface area contributed by atoms with Crippen LogP contribution in [0.15, 0.2) is 0 Å². The minimum Gasteiger partial charge on any atom is -0.394 e. The first-order valence-corrected chi connectivity index (χ1v) is 36.3. The molecule has 0 aromatic carbocycles. The van der Waals surface area contributed by atoms with E-state index in [-0.39, 0.29) is 18.9 Å². The van der Waals surface area contributed by atoms with Gasteiger partial charge in [0.1, 0.15) is 73.2 Å². The molecule has 19 heteroatoms. The standard InChI is InChI=1S/C69H133NO18/c1-3-5-7-9-11-13-15-17-19-20-21-22-23-24-25-26-27-28-29-30-31-32-33-35-37-39-41-43-45-47-57(75)70-52(53(74)46-44-42-40-38-36-34-18-16-14-12-10-8-6-4-2)51-83-67-63(81)60(78)65(55(49-72)85-67)88-69-64(82)61(79)66(56(50-73)86-69)87-68-62(80)59(77)58(76)54(48-71)84-68/h52-56,58-69,71-74,76-82H,3-51H2,1-2H3,(H,70,75). The predicted molar refractivity (Wildman–Crippen MR) is 342 cm³/mol. The van der Waals surface area contributed by atoms with Crippen molar-refractivity contribution in [2.24, 2.45) is 0 Å². The molecule has 1 amide bonds. The molecular formula is C69H133NO18. The lowest BCUT2D eigenvalue weighted by Crippen LogP contribution is -2.66. The van der Waals surface area contributed by atoms with Crippen LogP contribution in [-0.4, -0.2) is 193 Å². The van der Waals surface area contributed by atoms with Crippen molar-refractivity contribution in [2.45, 2.75) is 407 Å². The molecule has 17 atom stereocenters.